The molecular weight excluding hydrogens is 136 g/mol. The Balaban J connectivity index is 2.14. The molecule has 0 bridgehead atoms. The second kappa shape index (κ2) is 1.83. The summed E-state index contributed by atoms with van der Waals surface area (Å²) in [5.41, 5.74) is 5.22. The van der Waals surface area contributed by atoms with Crippen LogP contribution in [0.2, 0.25) is 0 Å². The number of aliphatic hydroxyl groups excluding tert-OH is 1. The number of fused-ring (bicyclic) bond motifs is 1. The zero-order valence-corrected chi connectivity index (χ0v) is 5.23. The average Bonchev–Trinajstić information content (AvgIpc) is 2.35. The molecule has 2 rings (SSSR count). The molecule has 2 aliphatic heterocycles. The third-order valence-corrected chi connectivity index (χ3v) is 1.61. The minimum Gasteiger partial charge on any atom is -0.454 e. The van der Waals surface area contributed by atoms with Crippen molar-refractivity contribution >= 4 is 6.02 Å². The Labute approximate surface area is 57.4 Å². The van der Waals surface area contributed by atoms with Gasteiger partial charge in [0, 0.05) is 0 Å². The summed E-state index contributed by atoms with van der Waals surface area (Å²) in [5.74, 6) is 0. The summed E-state index contributed by atoms with van der Waals surface area (Å²) in [4.78, 5) is 3.79. The lowest BCUT2D eigenvalue weighted by molar-refractivity contribution is 0.0615. The third kappa shape index (κ3) is 0.676. The summed E-state index contributed by atoms with van der Waals surface area (Å²) < 4.78 is 9.97. The monoisotopic (exact) mass is 144 g/mol. The fraction of sp³-hybridized carbons (Fsp3) is 0.800. The number of ether oxygens (including phenoxy) is 2. The Morgan fingerprint density at radius 1 is 1.70 bits per heavy atom. The van der Waals surface area contributed by atoms with E-state index < -0.39 is 6.10 Å². The molecule has 2 aliphatic rings. The summed E-state index contributed by atoms with van der Waals surface area (Å²) in [5, 5.41) is 9.14. The van der Waals surface area contributed by atoms with Gasteiger partial charge in [0.1, 0.15) is 6.10 Å². The zero-order valence-electron chi connectivity index (χ0n) is 5.23. The van der Waals surface area contributed by atoms with Crippen molar-refractivity contribution in [1.82, 2.24) is 0 Å². The summed E-state index contributed by atoms with van der Waals surface area (Å²) in [6.45, 7) is 0.284. The Kier molecular flexibility index (Phi) is 1.09. The molecule has 0 amide bonds. The molecule has 0 aliphatic carbocycles. The van der Waals surface area contributed by atoms with E-state index in [1.807, 2.05) is 0 Å². The molecule has 5 nitrogen and oxygen atoms in total. The first-order valence-corrected chi connectivity index (χ1v) is 3.07. The summed E-state index contributed by atoms with van der Waals surface area (Å²) in [6.07, 6.45) is -1.34. The van der Waals surface area contributed by atoms with Crippen LogP contribution in [0.4, 0.5) is 0 Å². The van der Waals surface area contributed by atoms with Gasteiger partial charge in [0.15, 0.2) is 12.3 Å². The zero-order chi connectivity index (χ0) is 7.14. The van der Waals surface area contributed by atoms with E-state index in [1.54, 1.807) is 0 Å². The van der Waals surface area contributed by atoms with E-state index in [-0.39, 0.29) is 25.0 Å². The van der Waals surface area contributed by atoms with Crippen LogP contribution in [0, 0.1) is 0 Å². The second-order valence-corrected chi connectivity index (χ2v) is 2.34. The van der Waals surface area contributed by atoms with Crippen LogP contribution in [0.1, 0.15) is 0 Å². The summed E-state index contributed by atoms with van der Waals surface area (Å²) in [6, 6.07) is 0.105. The molecule has 3 N–H and O–H groups in total. The molecule has 0 spiro atoms. The molecule has 0 saturated carbocycles. The number of hydrogen-bond acceptors (Lipinski definition) is 5. The van der Waals surface area contributed by atoms with E-state index in [1.165, 1.54) is 0 Å². The molecule has 0 aromatic rings. The van der Waals surface area contributed by atoms with Crippen molar-refractivity contribution in [2.45, 2.75) is 18.4 Å². The highest BCUT2D eigenvalue weighted by atomic mass is 16.6. The van der Waals surface area contributed by atoms with Crippen molar-refractivity contribution in [3.05, 3.63) is 0 Å². The first-order valence-electron chi connectivity index (χ1n) is 3.07. The summed E-state index contributed by atoms with van der Waals surface area (Å²) >= 11 is 0. The van der Waals surface area contributed by atoms with Gasteiger partial charge in [-0.05, 0) is 0 Å². The largest absolute Gasteiger partial charge is 0.454 e. The summed E-state index contributed by atoms with van der Waals surface area (Å²) in [7, 11) is 0. The van der Waals surface area contributed by atoms with Crippen LogP contribution in [0.5, 0.6) is 0 Å². The van der Waals surface area contributed by atoms with Crippen molar-refractivity contribution in [2.75, 3.05) is 6.61 Å². The van der Waals surface area contributed by atoms with Gasteiger partial charge in [0.25, 0.3) is 6.02 Å². The average molecular weight is 144 g/mol. The molecule has 2 heterocycles. The van der Waals surface area contributed by atoms with Gasteiger partial charge in [-0.3, -0.25) is 0 Å². The van der Waals surface area contributed by atoms with E-state index in [0.717, 1.165) is 0 Å². The Morgan fingerprint density at radius 3 is 3.20 bits per heavy atom. The van der Waals surface area contributed by atoms with Crippen molar-refractivity contribution < 1.29 is 14.6 Å². The number of aliphatic imine (C=N–C) groups is 1. The van der Waals surface area contributed by atoms with Crippen LogP contribution in [0.15, 0.2) is 4.99 Å². The number of rotatable bonds is 0. The van der Waals surface area contributed by atoms with Gasteiger partial charge in [-0.2, -0.15) is 4.99 Å². The normalized spacial score (nSPS) is 44.5. The van der Waals surface area contributed by atoms with Crippen molar-refractivity contribution in [1.29, 1.82) is 0 Å². The second-order valence-electron chi connectivity index (χ2n) is 2.34. The molecular formula is C5H8N2O3. The lowest BCUT2D eigenvalue weighted by Crippen LogP contribution is -2.30. The van der Waals surface area contributed by atoms with Gasteiger partial charge in [-0.1, -0.05) is 0 Å². The van der Waals surface area contributed by atoms with Gasteiger partial charge in [-0.25, -0.2) is 0 Å². The predicted octanol–water partition coefficient (Wildman–Crippen LogP) is -1.58. The highest BCUT2D eigenvalue weighted by molar-refractivity contribution is 5.73. The predicted molar refractivity (Wildman–Crippen MR) is 32.2 cm³/mol. The lowest BCUT2D eigenvalue weighted by Gasteiger charge is -2.08. The maximum atomic E-state index is 9.14. The van der Waals surface area contributed by atoms with Crippen LogP contribution < -0.4 is 5.73 Å². The molecule has 56 valence electrons. The van der Waals surface area contributed by atoms with E-state index in [2.05, 4.69) is 4.99 Å². The number of nitrogens with zero attached hydrogens (tertiary/aromatic N) is 1. The Morgan fingerprint density at radius 2 is 2.50 bits per heavy atom. The standard InChI is InChI=1S/C5H8N2O3/c6-5-7-4-3(10-5)2(8)1-9-4/h2-4,8H,1H2,(H2,6,7)/t2-,3-,4-/m1/s1. The maximum Gasteiger partial charge on any atom is 0.285 e. The molecule has 3 atom stereocenters. The van der Waals surface area contributed by atoms with E-state index in [4.69, 9.17) is 20.3 Å². The SMILES string of the molecule is NC1=N[C@@H]2OC[C@@H](O)[C@H]2O1. The lowest BCUT2D eigenvalue weighted by atomic mass is 10.2. The molecule has 5 heteroatoms. The van der Waals surface area contributed by atoms with Gasteiger partial charge in [0.05, 0.1) is 6.61 Å². The molecule has 10 heavy (non-hydrogen) atoms. The Hall–Kier alpha value is -0.810. The van der Waals surface area contributed by atoms with Crippen molar-refractivity contribution in [3.63, 3.8) is 0 Å². The van der Waals surface area contributed by atoms with E-state index >= 15 is 0 Å². The quantitative estimate of drug-likeness (QED) is 0.430. The van der Waals surface area contributed by atoms with Crippen LogP contribution in [0.3, 0.4) is 0 Å². The van der Waals surface area contributed by atoms with Crippen molar-refractivity contribution in [3.8, 4) is 0 Å². The van der Waals surface area contributed by atoms with Gasteiger partial charge < -0.3 is 20.3 Å². The van der Waals surface area contributed by atoms with Crippen molar-refractivity contribution in [2.24, 2.45) is 10.7 Å². The minimum absolute atomic E-state index is 0.105. The molecule has 1 fully saturated rings. The number of nitrogens with two attached hydrogens (primary N) is 1. The molecule has 0 radical (unpaired) electrons. The van der Waals surface area contributed by atoms with Gasteiger partial charge >= 0.3 is 0 Å². The number of hydrogen-bond donors (Lipinski definition) is 2. The van der Waals surface area contributed by atoms with Crippen LogP contribution >= 0.6 is 0 Å². The highest BCUT2D eigenvalue weighted by Gasteiger charge is 2.42. The third-order valence-electron chi connectivity index (χ3n) is 1.61. The maximum absolute atomic E-state index is 9.14. The molecule has 0 aromatic carbocycles. The van der Waals surface area contributed by atoms with Crippen LogP contribution in [-0.4, -0.2) is 36.2 Å². The number of amidine groups is 1. The van der Waals surface area contributed by atoms with Crippen LogP contribution in [0.25, 0.3) is 0 Å². The fourth-order valence-corrected chi connectivity index (χ4v) is 1.12. The molecule has 0 aromatic heterocycles. The van der Waals surface area contributed by atoms with Gasteiger partial charge in [0.2, 0.25) is 0 Å². The highest BCUT2D eigenvalue weighted by Crippen LogP contribution is 2.22. The number of aliphatic hydroxyl groups is 1. The van der Waals surface area contributed by atoms with E-state index in [0.29, 0.717) is 0 Å². The van der Waals surface area contributed by atoms with E-state index in [9.17, 15) is 0 Å². The van der Waals surface area contributed by atoms with Gasteiger partial charge in [-0.15, -0.1) is 0 Å². The fourth-order valence-electron chi connectivity index (χ4n) is 1.12. The topological polar surface area (TPSA) is 77.1 Å². The molecule has 0 unspecified atom stereocenters. The minimum atomic E-state index is -0.588. The molecule has 1 saturated heterocycles. The first kappa shape index (κ1) is 5.94. The first-order chi connectivity index (χ1) is 4.77. The Bertz CT molecular complexity index is 182. The smallest absolute Gasteiger partial charge is 0.285 e. The van der Waals surface area contributed by atoms with Crippen LogP contribution in [-0.2, 0) is 9.47 Å².